The second-order valence-electron chi connectivity index (χ2n) is 4.27. The molecule has 0 aromatic carbocycles. The fourth-order valence-electron chi connectivity index (χ4n) is 2.87. The van der Waals surface area contributed by atoms with Gasteiger partial charge in [0.05, 0.1) is 6.10 Å². The molecule has 1 nitrogen and oxygen atoms in total. The topological polar surface area (TPSA) is 20.2 Å². The molecule has 4 atom stereocenters. The maximum atomic E-state index is 9.76. The summed E-state index contributed by atoms with van der Waals surface area (Å²) in [5.74, 6) is 1.14. The fourth-order valence-corrected chi connectivity index (χ4v) is 3.31. The van der Waals surface area contributed by atoms with Gasteiger partial charge >= 0.3 is 0 Å². The average Bonchev–Trinajstić information content (AvgIpc) is 2.12. The lowest BCUT2D eigenvalue weighted by atomic mass is 9.69. The zero-order valence-electron chi connectivity index (χ0n) is 7.38. The van der Waals surface area contributed by atoms with E-state index in [4.69, 9.17) is 11.6 Å². The van der Waals surface area contributed by atoms with Crippen LogP contribution in [0.15, 0.2) is 0 Å². The standard InChI is InChI=1S/C10H17ClO/c11-9-5-6-10(12)8-4-2-1-3-7(8)9/h7-10,12H,1-6H2/t7?,8?,9-,10+/m0/s1. The molecule has 1 N–H and O–H groups in total. The van der Waals surface area contributed by atoms with Crippen LogP contribution in [-0.2, 0) is 0 Å². The van der Waals surface area contributed by atoms with E-state index in [1.165, 1.54) is 25.7 Å². The number of rotatable bonds is 0. The highest BCUT2D eigenvalue weighted by molar-refractivity contribution is 6.20. The molecule has 0 aromatic heterocycles. The largest absolute Gasteiger partial charge is 0.393 e. The Balaban J connectivity index is 2.05. The Morgan fingerprint density at radius 1 is 0.917 bits per heavy atom. The van der Waals surface area contributed by atoms with Crippen LogP contribution in [0.1, 0.15) is 38.5 Å². The van der Waals surface area contributed by atoms with E-state index in [1.807, 2.05) is 0 Å². The average molecular weight is 189 g/mol. The second kappa shape index (κ2) is 3.55. The lowest BCUT2D eigenvalue weighted by Crippen LogP contribution is -2.40. The summed E-state index contributed by atoms with van der Waals surface area (Å²) in [7, 11) is 0. The third-order valence-corrected chi connectivity index (χ3v) is 4.11. The van der Waals surface area contributed by atoms with Crippen LogP contribution < -0.4 is 0 Å². The molecule has 2 unspecified atom stereocenters. The van der Waals surface area contributed by atoms with Crippen molar-refractivity contribution < 1.29 is 5.11 Å². The van der Waals surface area contributed by atoms with Crippen LogP contribution in [0.5, 0.6) is 0 Å². The van der Waals surface area contributed by atoms with Crippen LogP contribution in [0.3, 0.4) is 0 Å². The summed E-state index contributed by atoms with van der Waals surface area (Å²) in [6.45, 7) is 0. The van der Waals surface area contributed by atoms with E-state index in [-0.39, 0.29) is 6.10 Å². The van der Waals surface area contributed by atoms with E-state index in [2.05, 4.69) is 0 Å². The van der Waals surface area contributed by atoms with Crippen molar-refractivity contribution in [2.45, 2.75) is 50.0 Å². The van der Waals surface area contributed by atoms with Gasteiger partial charge in [0.15, 0.2) is 0 Å². The van der Waals surface area contributed by atoms with Crippen LogP contribution in [0.4, 0.5) is 0 Å². The Labute approximate surface area is 79.1 Å². The van der Waals surface area contributed by atoms with Crippen molar-refractivity contribution >= 4 is 11.6 Å². The van der Waals surface area contributed by atoms with Gasteiger partial charge in [0, 0.05) is 5.38 Å². The minimum absolute atomic E-state index is 0.0506. The first kappa shape index (κ1) is 8.83. The van der Waals surface area contributed by atoms with Crippen LogP contribution >= 0.6 is 11.6 Å². The number of halogens is 1. The summed E-state index contributed by atoms with van der Waals surface area (Å²) in [5.41, 5.74) is 0. The number of hydrogen-bond acceptors (Lipinski definition) is 1. The Morgan fingerprint density at radius 2 is 1.58 bits per heavy atom. The van der Waals surface area contributed by atoms with Crippen molar-refractivity contribution in [2.75, 3.05) is 0 Å². The van der Waals surface area contributed by atoms with E-state index < -0.39 is 0 Å². The molecular weight excluding hydrogens is 172 g/mol. The molecular formula is C10H17ClO. The lowest BCUT2D eigenvalue weighted by Gasteiger charge is -2.41. The Morgan fingerprint density at radius 3 is 2.25 bits per heavy atom. The molecule has 2 aliphatic carbocycles. The van der Waals surface area contributed by atoms with Crippen LogP contribution in [0.25, 0.3) is 0 Å². The van der Waals surface area contributed by atoms with E-state index in [1.54, 1.807) is 0 Å². The highest BCUT2D eigenvalue weighted by Crippen LogP contribution is 2.42. The molecule has 0 amide bonds. The van der Waals surface area contributed by atoms with Crippen molar-refractivity contribution in [1.29, 1.82) is 0 Å². The first-order chi connectivity index (χ1) is 5.79. The van der Waals surface area contributed by atoms with Crippen LogP contribution in [0.2, 0.25) is 0 Å². The number of fused-ring (bicyclic) bond motifs is 1. The first-order valence-corrected chi connectivity index (χ1v) is 5.55. The molecule has 0 aromatic rings. The summed E-state index contributed by atoms with van der Waals surface area (Å²) >= 11 is 6.24. The molecule has 0 saturated heterocycles. The van der Waals surface area contributed by atoms with Crippen LogP contribution in [0, 0.1) is 11.8 Å². The number of aliphatic hydroxyl groups is 1. The summed E-state index contributed by atoms with van der Waals surface area (Å²) < 4.78 is 0. The van der Waals surface area contributed by atoms with Gasteiger partial charge in [-0.25, -0.2) is 0 Å². The van der Waals surface area contributed by atoms with E-state index in [0.29, 0.717) is 17.2 Å². The molecule has 0 bridgehead atoms. The molecule has 0 radical (unpaired) electrons. The fraction of sp³-hybridized carbons (Fsp3) is 1.00. The maximum absolute atomic E-state index is 9.76. The number of hydrogen-bond donors (Lipinski definition) is 1. The quantitative estimate of drug-likeness (QED) is 0.580. The second-order valence-corrected chi connectivity index (χ2v) is 4.83. The van der Waals surface area contributed by atoms with Gasteiger partial charge in [-0.2, -0.15) is 0 Å². The first-order valence-electron chi connectivity index (χ1n) is 5.11. The molecule has 2 rings (SSSR count). The van der Waals surface area contributed by atoms with Gasteiger partial charge in [0.25, 0.3) is 0 Å². The zero-order valence-corrected chi connectivity index (χ0v) is 8.13. The Hall–Kier alpha value is 0.250. The third-order valence-electron chi connectivity index (χ3n) is 3.57. The Kier molecular flexibility index (Phi) is 2.61. The van der Waals surface area contributed by atoms with Crippen molar-refractivity contribution in [3.8, 4) is 0 Å². The molecule has 12 heavy (non-hydrogen) atoms. The smallest absolute Gasteiger partial charge is 0.0572 e. The SMILES string of the molecule is O[C@@H]1CC[C@H](Cl)C2CCCCC21. The molecule has 2 aliphatic rings. The molecule has 70 valence electrons. The molecule has 0 heterocycles. The van der Waals surface area contributed by atoms with Crippen molar-refractivity contribution in [2.24, 2.45) is 11.8 Å². The van der Waals surface area contributed by atoms with Gasteiger partial charge in [0.2, 0.25) is 0 Å². The van der Waals surface area contributed by atoms with Crippen molar-refractivity contribution in [3.05, 3.63) is 0 Å². The molecule has 2 heteroatoms. The molecule has 2 fully saturated rings. The molecule has 2 saturated carbocycles. The van der Waals surface area contributed by atoms with E-state index >= 15 is 0 Å². The van der Waals surface area contributed by atoms with Gasteiger partial charge in [-0.1, -0.05) is 12.8 Å². The van der Waals surface area contributed by atoms with Gasteiger partial charge in [-0.3, -0.25) is 0 Å². The Bertz CT molecular complexity index is 142. The van der Waals surface area contributed by atoms with Crippen molar-refractivity contribution in [1.82, 2.24) is 0 Å². The highest BCUT2D eigenvalue weighted by Gasteiger charge is 2.38. The summed E-state index contributed by atoms with van der Waals surface area (Å²) in [6.07, 6.45) is 6.95. The van der Waals surface area contributed by atoms with Crippen molar-refractivity contribution in [3.63, 3.8) is 0 Å². The maximum Gasteiger partial charge on any atom is 0.0572 e. The number of aliphatic hydroxyl groups excluding tert-OH is 1. The summed E-state index contributed by atoms with van der Waals surface area (Å²) in [6, 6.07) is 0. The van der Waals surface area contributed by atoms with Gasteiger partial charge in [-0.05, 0) is 37.5 Å². The summed E-state index contributed by atoms with van der Waals surface area (Å²) in [5, 5.41) is 10.1. The normalized spacial score (nSPS) is 48.5. The highest BCUT2D eigenvalue weighted by atomic mass is 35.5. The predicted molar refractivity (Wildman–Crippen MR) is 50.3 cm³/mol. The van der Waals surface area contributed by atoms with Gasteiger partial charge < -0.3 is 5.11 Å². The molecule has 0 spiro atoms. The van der Waals surface area contributed by atoms with E-state index in [0.717, 1.165) is 12.8 Å². The van der Waals surface area contributed by atoms with Gasteiger partial charge in [-0.15, -0.1) is 11.6 Å². The number of alkyl halides is 1. The third kappa shape index (κ3) is 1.49. The predicted octanol–water partition coefficient (Wildman–Crippen LogP) is 2.55. The minimum atomic E-state index is -0.0506. The lowest BCUT2D eigenvalue weighted by molar-refractivity contribution is 0.0127. The molecule has 0 aliphatic heterocycles. The zero-order chi connectivity index (χ0) is 8.55. The van der Waals surface area contributed by atoms with Crippen LogP contribution in [-0.4, -0.2) is 16.6 Å². The monoisotopic (exact) mass is 188 g/mol. The van der Waals surface area contributed by atoms with Gasteiger partial charge in [0.1, 0.15) is 0 Å². The minimum Gasteiger partial charge on any atom is -0.393 e. The summed E-state index contributed by atoms with van der Waals surface area (Å²) in [4.78, 5) is 0. The van der Waals surface area contributed by atoms with E-state index in [9.17, 15) is 5.11 Å².